The molecule has 352 valence electrons. The first-order valence-corrected chi connectivity index (χ1v) is 27.1. The van der Waals surface area contributed by atoms with Crippen molar-refractivity contribution >= 4 is 22.6 Å². The van der Waals surface area contributed by atoms with Gasteiger partial charge in [-0.05, 0) is 183 Å². The Morgan fingerprint density at radius 3 is 0.855 bits per heavy atom. The summed E-state index contributed by atoms with van der Waals surface area (Å²) in [5.41, 5.74) is 34.4. The van der Waals surface area contributed by atoms with E-state index in [0.29, 0.717) is 0 Å². The number of benzene rings is 11. The lowest BCUT2D eigenvalue weighted by molar-refractivity contribution is 0.714. The van der Waals surface area contributed by atoms with Crippen LogP contribution in [0.3, 0.4) is 0 Å². The van der Waals surface area contributed by atoms with Crippen molar-refractivity contribution in [2.24, 2.45) is 0 Å². The Morgan fingerprint density at radius 1 is 0.250 bits per heavy atom. The van der Waals surface area contributed by atoms with Gasteiger partial charge in [0, 0.05) is 17.1 Å². The Morgan fingerprint density at radius 2 is 0.513 bits per heavy atom. The number of hydrogen-bond donors (Lipinski definition) is 0. The quantitative estimate of drug-likeness (QED) is 0.171. The molecular formula is C75H47N. The zero-order valence-corrected chi connectivity index (χ0v) is 41.7. The number of fused-ring (bicyclic) bond motifs is 29. The molecule has 1 heteroatoms. The lowest BCUT2D eigenvalue weighted by Crippen LogP contribution is -2.28. The second-order valence-electron chi connectivity index (χ2n) is 22.0. The molecule has 7 aliphatic rings. The lowest BCUT2D eigenvalue weighted by atomic mass is 9.68. The van der Waals surface area contributed by atoms with E-state index < -0.39 is 16.2 Å². The molecule has 0 N–H and O–H groups in total. The highest BCUT2D eigenvalue weighted by Gasteiger charge is 2.55. The van der Waals surface area contributed by atoms with Gasteiger partial charge in [0.1, 0.15) is 0 Å². The largest absolute Gasteiger partial charge is 0.310 e. The molecule has 0 bridgehead atoms. The fourth-order valence-electron chi connectivity index (χ4n) is 16.4. The summed E-state index contributed by atoms with van der Waals surface area (Å²) in [5.74, 6) is 0. The molecule has 0 fully saturated rings. The van der Waals surface area contributed by atoms with Crippen LogP contribution >= 0.6 is 0 Å². The van der Waals surface area contributed by atoms with Crippen LogP contribution in [0, 0.1) is 0 Å². The molecule has 0 aliphatic heterocycles. The summed E-state index contributed by atoms with van der Waals surface area (Å²) >= 11 is 0. The Labute approximate surface area is 443 Å². The van der Waals surface area contributed by atoms with Gasteiger partial charge >= 0.3 is 0 Å². The third kappa shape index (κ3) is 4.69. The smallest absolute Gasteiger partial charge is 0.0726 e. The molecule has 1 atom stereocenters. The first-order valence-electron chi connectivity index (χ1n) is 27.1. The number of allylic oxidation sites excluding steroid dienone is 4. The third-order valence-electron chi connectivity index (χ3n) is 19.0. The minimum atomic E-state index is -0.490. The highest BCUT2D eigenvalue weighted by molar-refractivity contribution is 6.01. The fraction of sp³-hybridized carbons (Fsp3) is 0.0667. The van der Waals surface area contributed by atoms with E-state index in [2.05, 4.69) is 266 Å². The van der Waals surface area contributed by atoms with Crippen LogP contribution in [0.2, 0.25) is 0 Å². The first kappa shape index (κ1) is 41.1. The molecule has 0 saturated carbocycles. The van der Waals surface area contributed by atoms with Gasteiger partial charge in [-0.2, -0.15) is 0 Å². The van der Waals surface area contributed by atoms with Gasteiger partial charge in [0.25, 0.3) is 0 Å². The van der Waals surface area contributed by atoms with Crippen molar-refractivity contribution in [1.29, 1.82) is 0 Å². The average molecular weight is 962 g/mol. The molecule has 76 heavy (non-hydrogen) atoms. The maximum Gasteiger partial charge on any atom is 0.0726 e. The van der Waals surface area contributed by atoms with Crippen molar-refractivity contribution < 1.29 is 0 Å². The maximum atomic E-state index is 2.61. The van der Waals surface area contributed by atoms with Gasteiger partial charge in [-0.25, -0.2) is 0 Å². The number of nitrogens with zero attached hydrogens (tertiary/aromatic N) is 1. The van der Waals surface area contributed by atoms with E-state index in [9.17, 15) is 0 Å². The van der Waals surface area contributed by atoms with E-state index in [1.54, 1.807) is 0 Å². The summed E-state index contributed by atoms with van der Waals surface area (Å²) in [6.45, 7) is 0. The number of anilines is 3. The van der Waals surface area contributed by atoms with Gasteiger partial charge in [0.15, 0.2) is 0 Å². The summed E-state index contributed by atoms with van der Waals surface area (Å²) in [5, 5.41) is 0. The zero-order chi connectivity index (χ0) is 49.5. The van der Waals surface area contributed by atoms with Crippen LogP contribution in [-0.4, -0.2) is 0 Å². The van der Waals surface area contributed by atoms with E-state index in [1.807, 2.05) is 0 Å². The van der Waals surface area contributed by atoms with Gasteiger partial charge in [0.2, 0.25) is 0 Å². The Hall–Kier alpha value is -9.30. The highest BCUT2D eigenvalue weighted by atomic mass is 15.1. The molecule has 11 aromatic carbocycles. The Bertz CT molecular complexity index is 4180. The highest BCUT2D eigenvalue weighted by Crippen LogP contribution is 2.67. The van der Waals surface area contributed by atoms with Gasteiger partial charge in [0.05, 0.1) is 16.2 Å². The van der Waals surface area contributed by atoms with E-state index in [1.165, 1.54) is 134 Å². The van der Waals surface area contributed by atoms with Crippen molar-refractivity contribution in [3.05, 3.63) is 333 Å². The predicted octanol–water partition coefficient (Wildman–Crippen LogP) is 18.3. The number of hydrogen-bond acceptors (Lipinski definition) is 1. The molecular weight excluding hydrogens is 915 g/mol. The van der Waals surface area contributed by atoms with Crippen molar-refractivity contribution in [2.45, 2.75) is 29.1 Å². The normalized spacial score (nSPS) is 17.5. The van der Waals surface area contributed by atoms with E-state index in [0.717, 1.165) is 29.9 Å². The van der Waals surface area contributed by atoms with Crippen LogP contribution in [-0.2, 0) is 16.2 Å². The first-order chi connectivity index (χ1) is 37.7. The molecule has 7 aliphatic carbocycles. The van der Waals surface area contributed by atoms with Crippen molar-refractivity contribution in [3.8, 4) is 55.6 Å². The van der Waals surface area contributed by atoms with Crippen LogP contribution in [0.5, 0.6) is 0 Å². The maximum absolute atomic E-state index is 2.61. The minimum absolute atomic E-state index is 0.411. The SMILES string of the molecule is C1=CC2=C(CC1)C1(c3ccccc32)c2ccccc2-c2ccc(N(c3ccc4c(c3)C3(c5ccccc5-c5ccccc53)c3ccccc3-4)c3ccc4c(c3)C3(c5ccccc5-c5ccccc53)c3ccccc3-4)cc21. The van der Waals surface area contributed by atoms with Gasteiger partial charge < -0.3 is 4.90 Å². The Kier molecular flexibility index (Phi) is 7.84. The topological polar surface area (TPSA) is 3.24 Å². The number of rotatable bonds is 3. The summed E-state index contributed by atoms with van der Waals surface area (Å²) in [4.78, 5) is 2.61. The van der Waals surface area contributed by atoms with Crippen LogP contribution < -0.4 is 4.90 Å². The second kappa shape index (κ2) is 14.5. The minimum Gasteiger partial charge on any atom is -0.310 e. The summed E-state index contributed by atoms with van der Waals surface area (Å²) in [6.07, 6.45) is 6.86. The van der Waals surface area contributed by atoms with Crippen molar-refractivity contribution in [3.63, 3.8) is 0 Å². The van der Waals surface area contributed by atoms with Gasteiger partial charge in [-0.15, -0.1) is 0 Å². The molecule has 0 amide bonds. The van der Waals surface area contributed by atoms with Gasteiger partial charge in [-0.1, -0.05) is 224 Å². The molecule has 18 rings (SSSR count). The van der Waals surface area contributed by atoms with E-state index in [-0.39, 0.29) is 0 Å². The third-order valence-corrected chi connectivity index (χ3v) is 19.0. The summed E-state index contributed by atoms with van der Waals surface area (Å²) < 4.78 is 0. The van der Waals surface area contributed by atoms with E-state index >= 15 is 0 Å². The Balaban J connectivity index is 0.936. The van der Waals surface area contributed by atoms with Gasteiger partial charge in [-0.3, -0.25) is 0 Å². The van der Waals surface area contributed by atoms with Crippen LogP contribution in [0.1, 0.15) is 79.6 Å². The fourth-order valence-corrected chi connectivity index (χ4v) is 16.4. The standard InChI is InChI=1S/C75H47N/c1-10-28-61-49(19-1)50-20-2-11-29-62(50)73(61)67-34-16-7-25-55(67)58-40-37-46(43-70(58)73)76(47-38-41-59-56-26-8-17-35-68(56)74(71(59)44-47)63-30-12-3-21-51(63)52-22-4-13-31-64(52)74)48-39-42-60-57-27-9-18-36-69(57)75(72(60)45-48)65-32-14-5-23-53(65)54-24-6-15-33-66(54)75/h1-14,16-32,34-45H,15,33H2. The van der Waals surface area contributed by atoms with Crippen LogP contribution in [0.15, 0.2) is 266 Å². The average Bonchev–Trinajstić information content (AvgIpc) is 4.37. The molecule has 1 unspecified atom stereocenters. The molecule has 0 aromatic heterocycles. The molecule has 1 nitrogen and oxygen atoms in total. The second-order valence-corrected chi connectivity index (χ2v) is 22.0. The summed E-state index contributed by atoms with van der Waals surface area (Å²) in [7, 11) is 0. The molecule has 3 spiro atoms. The molecule has 0 radical (unpaired) electrons. The molecule has 0 saturated heterocycles. The predicted molar refractivity (Wildman–Crippen MR) is 311 cm³/mol. The molecule has 0 heterocycles. The summed E-state index contributed by atoms with van der Waals surface area (Å²) in [6, 6.07) is 95.9. The van der Waals surface area contributed by atoms with E-state index in [4.69, 9.17) is 0 Å². The van der Waals surface area contributed by atoms with Crippen LogP contribution in [0.25, 0.3) is 61.2 Å². The van der Waals surface area contributed by atoms with Crippen molar-refractivity contribution in [2.75, 3.05) is 4.90 Å². The molecule has 11 aromatic rings. The van der Waals surface area contributed by atoms with Crippen LogP contribution in [0.4, 0.5) is 17.1 Å². The van der Waals surface area contributed by atoms with Crippen molar-refractivity contribution in [1.82, 2.24) is 0 Å². The lowest BCUT2D eigenvalue weighted by Gasteiger charge is -2.35. The zero-order valence-electron chi connectivity index (χ0n) is 41.7. The monoisotopic (exact) mass is 961 g/mol.